The SMILES string of the molecule is O=C(CNc1ncc(Br)cn1)N1CCCCC1. The molecule has 2 rings (SSSR count). The Morgan fingerprint density at radius 2 is 1.94 bits per heavy atom. The smallest absolute Gasteiger partial charge is 0.241 e. The molecule has 0 saturated carbocycles. The number of carbonyl (C=O) groups is 1. The van der Waals surface area contributed by atoms with Crippen LogP contribution in [0.5, 0.6) is 0 Å². The molecule has 5 nitrogen and oxygen atoms in total. The van der Waals surface area contributed by atoms with Gasteiger partial charge in [0.15, 0.2) is 0 Å². The molecule has 0 unspecified atom stereocenters. The summed E-state index contributed by atoms with van der Waals surface area (Å²) in [5, 5.41) is 2.93. The number of likely N-dealkylation sites (tertiary alicyclic amines) is 1. The van der Waals surface area contributed by atoms with Crippen molar-refractivity contribution < 1.29 is 4.79 Å². The van der Waals surface area contributed by atoms with Crippen LogP contribution >= 0.6 is 15.9 Å². The summed E-state index contributed by atoms with van der Waals surface area (Å²) in [6.45, 7) is 2.02. The van der Waals surface area contributed by atoms with E-state index in [1.54, 1.807) is 12.4 Å². The number of amides is 1. The minimum absolute atomic E-state index is 0.121. The van der Waals surface area contributed by atoms with E-state index >= 15 is 0 Å². The van der Waals surface area contributed by atoms with E-state index in [-0.39, 0.29) is 12.5 Å². The number of piperidine rings is 1. The Kier molecular flexibility index (Phi) is 4.30. The van der Waals surface area contributed by atoms with E-state index in [1.165, 1.54) is 6.42 Å². The third-order valence-corrected chi connectivity index (χ3v) is 3.14. The van der Waals surface area contributed by atoms with Gasteiger partial charge in [0, 0.05) is 25.5 Å². The van der Waals surface area contributed by atoms with E-state index in [0.717, 1.165) is 30.4 Å². The fourth-order valence-corrected chi connectivity index (χ4v) is 2.02. The lowest BCUT2D eigenvalue weighted by molar-refractivity contribution is -0.130. The minimum atomic E-state index is 0.121. The van der Waals surface area contributed by atoms with Gasteiger partial charge in [-0.15, -0.1) is 0 Å². The van der Waals surface area contributed by atoms with E-state index < -0.39 is 0 Å². The molecule has 1 aliphatic heterocycles. The number of rotatable bonds is 3. The molecule has 0 aromatic carbocycles. The van der Waals surface area contributed by atoms with Gasteiger partial charge in [0.1, 0.15) is 0 Å². The van der Waals surface area contributed by atoms with E-state index in [1.807, 2.05) is 4.90 Å². The van der Waals surface area contributed by atoms with Crippen LogP contribution in [0.1, 0.15) is 19.3 Å². The summed E-state index contributed by atoms with van der Waals surface area (Å²) in [6.07, 6.45) is 6.76. The second-order valence-corrected chi connectivity index (χ2v) is 4.94. The van der Waals surface area contributed by atoms with Crippen LogP contribution in [-0.4, -0.2) is 40.4 Å². The quantitative estimate of drug-likeness (QED) is 0.922. The van der Waals surface area contributed by atoms with Crippen molar-refractivity contribution in [1.29, 1.82) is 0 Å². The van der Waals surface area contributed by atoms with Crippen molar-refractivity contribution in [1.82, 2.24) is 14.9 Å². The van der Waals surface area contributed by atoms with Gasteiger partial charge in [-0.05, 0) is 35.2 Å². The molecule has 0 radical (unpaired) electrons. The zero-order chi connectivity index (χ0) is 12.1. The van der Waals surface area contributed by atoms with Gasteiger partial charge in [0.05, 0.1) is 11.0 Å². The molecule has 0 aliphatic carbocycles. The maximum atomic E-state index is 11.8. The summed E-state index contributed by atoms with van der Waals surface area (Å²) in [5.74, 6) is 0.606. The second kappa shape index (κ2) is 5.95. The summed E-state index contributed by atoms with van der Waals surface area (Å²) in [5.41, 5.74) is 0. The van der Waals surface area contributed by atoms with Crippen molar-refractivity contribution in [3.8, 4) is 0 Å². The van der Waals surface area contributed by atoms with Gasteiger partial charge >= 0.3 is 0 Å². The van der Waals surface area contributed by atoms with Gasteiger partial charge in [-0.1, -0.05) is 0 Å². The average molecular weight is 299 g/mol. The van der Waals surface area contributed by atoms with Crippen LogP contribution in [0.3, 0.4) is 0 Å². The van der Waals surface area contributed by atoms with Crippen LogP contribution in [-0.2, 0) is 4.79 Å². The van der Waals surface area contributed by atoms with Crippen LogP contribution in [0.4, 0.5) is 5.95 Å². The largest absolute Gasteiger partial charge is 0.345 e. The first-order valence-electron chi connectivity index (χ1n) is 5.75. The van der Waals surface area contributed by atoms with Crippen LogP contribution in [0.15, 0.2) is 16.9 Å². The third-order valence-electron chi connectivity index (χ3n) is 2.73. The Hall–Kier alpha value is -1.17. The van der Waals surface area contributed by atoms with Crippen LogP contribution in [0.25, 0.3) is 0 Å². The first-order chi connectivity index (χ1) is 8.25. The van der Waals surface area contributed by atoms with Gasteiger partial charge in [0.25, 0.3) is 0 Å². The maximum absolute atomic E-state index is 11.8. The highest BCUT2D eigenvalue weighted by atomic mass is 79.9. The normalized spacial score (nSPS) is 15.7. The zero-order valence-corrected chi connectivity index (χ0v) is 11.1. The number of anilines is 1. The predicted octanol–water partition coefficient (Wildman–Crippen LogP) is 1.66. The third kappa shape index (κ3) is 3.66. The van der Waals surface area contributed by atoms with Crippen LogP contribution < -0.4 is 5.32 Å². The highest BCUT2D eigenvalue weighted by molar-refractivity contribution is 9.10. The molecule has 1 fully saturated rings. The lowest BCUT2D eigenvalue weighted by Crippen LogP contribution is -2.39. The number of hydrogen-bond acceptors (Lipinski definition) is 4. The Morgan fingerprint density at radius 3 is 2.59 bits per heavy atom. The fourth-order valence-electron chi connectivity index (χ4n) is 1.81. The number of halogens is 1. The van der Waals surface area contributed by atoms with E-state index in [2.05, 4.69) is 31.2 Å². The monoisotopic (exact) mass is 298 g/mol. The number of hydrogen-bond donors (Lipinski definition) is 1. The first-order valence-corrected chi connectivity index (χ1v) is 6.54. The molecule has 0 atom stereocenters. The Balaban J connectivity index is 1.81. The van der Waals surface area contributed by atoms with Crippen molar-refractivity contribution in [2.24, 2.45) is 0 Å². The molecular weight excluding hydrogens is 284 g/mol. The lowest BCUT2D eigenvalue weighted by Gasteiger charge is -2.26. The number of aromatic nitrogens is 2. The predicted molar refractivity (Wildman–Crippen MR) is 68.7 cm³/mol. The second-order valence-electron chi connectivity index (χ2n) is 4.02. The molecule has 0 bridgehead atoms. The average Bonchev–Trinajstić information content (AvgIpc) is 2.39. The van der Waals surface area contributed by atoms with Gasteiger partial charge in [-0.2, -0.15) is 0 Å². The fraction of sp³-hybridized carbons (Fsp3) is 0.545. The number of nitrogens with one attached hydrogen (secondary N) is 1. The van der Waals surface area contributed by atoms with E-state index in [4.69, 9.17) is 0 Å². The molecule has 1 aliphatic rings. The molecule has 1 N–H and O–H groups in total. The first kappa shape index (κ1) is 12.3. The number of nitrogens with zero attached hydrogens (tertiary/aromatic N) is 3. The van der Waals surface area contributed by atoms with Crippen molar-refractivity contribution in [2.75, 3.05) is 25.0 Å². The minimum Gasteiger partial charge on any atom is -0.345 e. The van der Waals surface area contributed by atoms with E-state index in [9.17, 15) is 4.79 Å². The molecule has 1 amide bonds. The van der Waals surface area contributed by atoms with Crippen LogP contribution in [0.2, 0.25) is 0 Å². The van der Waals surface area contributed by atoms with Crippen molar-refractivity contribution >= 4 is 27.8 Å². The Morgan fingerprint density at radius 1 is 1.29 bits per heavy atom. The highest BCUT2D eigenvalue weighted by Gasteiger charge is 2.15. The molecule has 1 aromatic heterocycles. The highest BCUT2D eigenvalue weighted by Crippen LogP contribution is 2.09. The number of carbonyl (C=O) groups excluding carboxylic acids is 1. The van der Waals surface area contributed by atoms with Gasteiger partial charge in [0.2, 0.25) is 11.9 Å². The summed E-state index contributed by atoms with van der Waals surface area (Å²) >= 11 is 3.26. The van der Waals surface area contributed by atoms with Gasteiger partial charge in [-0.3, -0.25) is 4.79 Å². The Labute approximate surface area is 109 Å². The molecule has 1 aromatic rings. The van der Waals surface area contributed by atoms with Crippen molar-refractivity contribution in [2.45, 2.75) is 19.3 Å². The lowest BCUT2D eigenvalue weighted by atomic mass is 10.1. The molecule has 1 saturated heterocycles. The standard InChI is InChI=1S/C11H15BrN4O/c12-9-6-13-11(14-7-9)15-8-10(17)16-4-2-1-3-5-16/h6-7H,1-5,8H2,(H,13,14,15). The molecule has 92 valence electrons. The van der Waals surface area contributed by atoms with Crippen molar-refractivity contribution in [3.05, 3.63) is 16.9 Å². The Bertz CT molecular complexity index is 376. The van der Waals surface area contributed by atoms with Crippen LogP contribution in [0, 0.1) is 0 Å². The summed E-state index contributed by atoms with van der Waals surface area (Å²) in [6, 6.07) is 0. The molecule has 0 spiro atoms. The van der Waals surface area contributed by atoms with Gasteiger partial charge < -0.3 is 10.2 Å². The molecule has 6 heteroatoms. The maximum Gasteiger partial charge on any atom is 0.241 e. The summed E-state index contributed by atoms with van der Waals surface area (Å²) < 4.78 is 0.824. The summed E-state index contributed by atoms with van der Waals surface area (Å²) in [4.78, 5) is 21.8. The summed E-state index contributed by atoms with van der Waals surface area (Å²) in [7, 11) is 0. The molecule has 17 heavy (non-hydrogen) atoms. The van der Waals surface area contributed by atoms with E-state index in [0.29, 0.717) is 5.95 Å². The zero-order valence-electron chi connectivity index (χ0n) is 9.53. The van der Waals surface area contributed by atoms with Gasteiger partial charge in [-0.25, -0.2) is 9.97 Å². The topological polar surface area (TPSA) is 58.1 Å². The van der Waals surface area contributed by atoms with Crippen molar-refractivity contribution in [3.63, 3.8) is 0 Å². The molecular formula is C11H15BrN4O. The molecule has 2 heterocycles.